The van der Waals surface area contributed by atoms with E-state index in [4.69, 9.17) is 11.6 Å². The Bertz CT molecular complexity index is 743. The van der Waals surface area contributed by atoms with Crippen molar-refractivity contribution in [1.29, 1.82) is 0 Å². The lowest BCUT2D eigenvalue weighted by Crippen LogP contribution is -2.28. The second-order valence-electron chi connectivity index (χ2n) is 4.37. The standard InChI is InChI=1S/C13H11ClF3NO2S2/c14-9-3-4-12(11(8-9)13(15,16)17)22(19,20)18-6-5-10-2-1-7-21-10/h1-4,7-8,18H,5-6H2. The molecule has 0 spiro atoms. The van der Waals surface area contributed by atoms with Gasteiger partial charge in [0.15, 0.2) is 0 Å². The van der Waals surface area contributed by atoms with E-state index in [1.165, 1.54) is 11.3 Å². The molecular weight excluding hydrogens is 359 g/mol. The number of benzene rings is 1. The van der Waals surface area contributed by atoms with Crippen molar-refractivity contribution in [1.82, 2.24) is 4.72 Å². The minimum Gasteiger partial charge on any atom is -0.211 e. The van der Waals surface area contributed by atoms with Gasteiger partial charge in [-0.05, 0) is 36.1 Å². The minimum absolute atomic E-state index is 0.0166. The first-order valence-corrected chi connectivity index (χ1v) is 8.83. The van der Waals surface area contributed by atoms with Crippen molar-refractivity contribution in [3.63, 3.8) is 0 Å². The highest BCUT2D eigenvalue weighted by Crippen LogP contribution is 2.35. The van der Waals surface area contributed by atoms with Crippen molar-refractivity contribution < 1.29 is 21.6 Å². The number of thiophene rings is 1. The van der Waals surface area contributed by atoms with Crippen LogP contribution in [0.15, 0.2) is 40.6 Å². The third kappa shape index (κ3) is 4.22. The van der Waals surface area contributed by atoms with Crippen molar-refractivity contribution in [3.8, 4) is 0 Å². The number of rotatable bonds is 5. The average molecular weight is 370 g/mol. The van der Waals surface area contributed by atoms with Crippen LogP contribution in [0.2, 0.25) is 5.02 Å². The summed E-state index contributed by atoms with van der Waals surface area (Å²) in [7, 11) is -4.27. The van der Waals surface area contributed by atoms with Crippen molar-refractivity contribution in [3.05, 3.63) is 51.2 Å². The van der Waals surface area contributed by atoms with Gasteiger partial charge in [-0.1, -0.05) is 17.7 Å². The average Bonchev–Trinajstić information content (AvgIpc) is 2.90. The summed E-state index contributed by atoms with van der Waals surface area (Å²) < 4.78 is 65.2. The number of alkyl halides is 3. The Hall–Kier alpha value is -1.09. The molecule has 0 aliphatic heterocycles. The molecule has 120 valence electrons. The van der Waals surface area contributed by atoms with Crippen molar-refractivity contribution in [2.45, 2.75) is 17.5 Å². The van der Waals surface area contributed by atoms with E-state index in [1.54, 1.807) is 0 Å². The number of hydrogen-bond donors (Lipinski definition) is 1. The molecule has 0 fully saturated rings. The van der Waals surface area contributed by atoms with Gasteiger partial charge in [0, 0.05) is 16.4 Å². The Kier molecular flexibility index (Phi) is 5.16. The fourth-order valence-corrected chi connectivity index (χ4v) is 3.92. The molecule has 22 heavy (non-hydrogen) atoms. The second-order valence-corrected chi connectivity index (χ2v) is 7.57. The van der Waals surface area contributed by atoms with Crippen LogP contribution >= 0.6 is 22.9 Å². The second kappa shape index (κ2) is 6.57. The van der Waals surface area contributed by atoms with Crippen LogP contribution in [0, 0.1) is 0 Å². The summed E-state index contributed by atoms with van der Waals surface area (Å²) >= 11 is 6.98. The van der Waals surface area contributed by atoms with E-state index in [0.29, 0.717) is 12.5 Å². The topological polar surface area (TPSA) is 46.2 Å². The lowest BCUT2D eigenvalue weighted by Gasteiger charge is -2.14. The number of halogens is 4. The van der Waals surface area contributed by atoms with Gasteiger partial charge >= 0.3 is 6.18 Å². The molecule has 0 saturated carbocycles. The number of nitrogens with one attached hydrogen (secondary N) is 1. The van der Waals surface area contributed by atoms with Gasteiger partial charge in [-0.15, -0.1) is 11.3 Å². The molecule has 2 aromatic rings. The predicted octanol–water partition coefficient (Wildman–Crippen LogP) is 3.94. The number of hydrogen-bond acceptors (Lipinski definition) is 3. The molecule has 0 aliphatic rings. The first-order chi connectivity index (χ1) is 10.2. The van der Waals surface area contributed by atoms with Crippen molar-refractivity contribution in [2.75, 3.05) is 6.54 Å². The molecule has 9 heteroatoms. The smallest absolute Gasteiger partial charge is 0.211 e. The van der Waals surface area contributed by atoms with E-state index in [2.05, 4.69) is 4.72 Å². The number of sulfonamides is 1. The first-order valence-electron chi connectivity index (χ1n) is 6.09. The van der Waals surface area contributed by atoms with Gasteiger partial charge in [-0.2, -0.15) is 13.2 Å². The lowest BCUT2D eigenvalue weighted by atomic mass is 10.2. The van der Waals surface area contributed by atoms with E-state index in [-0.39, 0.29) is 11.6 Å². The van der Waals surface area contributed by atoms with E-state index in [1.807, 2.05) is 17.5 Å². The molecule has 1 heterocycles. The predicted molar refractivity (Wildman–Crippen MR) is 79.7 cm³/mol. The van der Waals surface area contributed by atoms with Crippen LogP contribution in [-0.2, 0) is 22.6 Å². The van der Waals surface area contributed by atoms with E-state index < -0.39 is 26.7 Å². The van der Waals surface area contributed by atoms with E-state index in [0.717, 1.165) is 17.0 Å². The third-order valence-electron chi connectivity index (χ3n) is 2.78. The maximum absolute atomic E-state index is 13.0. The molecule has 1 aromatic carbocycles. The van der Waals surface area contributed by atoms with E-state index in [9.17, 15) is 21.6 Å². The minimum atomic E-state index is -4.80. The Balaban J connectivity index is 2.22. The summed E-state index contributed by atoms with van der Waals surface area (Å²) in [6, 6.07) is 6.22. The monoisotopic (exact) mass is 369 g/mol. The molecular formula is C13H11ClF3NO2S2. The van der Waals surface area contributed by atoms with Gasteiger partial charge in [0.2, 0.25) is 10.0 Å². The van der Waals surface area contributed by atoms with Gasteiger partial charge in [0.05, 0.1) is 10.5 Å². The molecule has 0 amide bonds. The quantitative estimate of drug-likeness (QED) is 0.867. The summed E-state index contributed by atoms with van der Waals surface area (Å²) in [4.78, 5) is 0.116. The SMILES string of the molecule is O=S(=O)(NCCc1cccs1)c1ccc(Cl)cc1C(F)(F)F. The zero-order valence-corrected chi connectivity index (χ0v) is 13.4. The lowest BCUT2D eigenvalue weighted by molar-refractivity contribution is -0.139. The molecule has 0 atom stereocenters. The first kappa shape index (κ1) is 17.3. The van der Waals surface area contributed by atoms with Gasteiger partial charge < -0.3 is 0 Å². The molecule has 0 aliphatic carbocycles. The van der Waals surface area contributed by atoms with Crippen LogP contribution in [0.3, 0.4) is 0 Å². The fourth-order valence-electron chi connectivity index (χ4n) is 1.80. The Morgan fingerprint density at radius 1 is 1.23 bits per heavy atom. The summed E-state index contributed by atoms with van der Waals surface area (Å²) in [5.74, 6) is 0. The largest absolute Gasteiger partial charge is 0.417 e. The normalized spacial score (nSPS) is 12.5. The van der Waals surface area contributed by atoms with Crippen LogP contribution < -0.4 is 4.72 Å². The molecule has 0 bridgehead atoms. The van der Waals surface area contributed by atoms with Crippen LogP contribution in [-0.4, -0.2) is 15.0 Å². The maximum Gasteiger partial charge on any atom is 0.417 e. The van der Waals surface area contributed by atoms with E-state index >= 15 is 0 Å². The van der Waals surface area contributed by atoms with Crippen LogP contribution in [0.25, 0.3) is 0 Å². The summed E-state index contributed by atoms with van der Waals surface area (Å²) in [5.41, 5.74) is -1.27. The van der Waals surface area contributed by atoms with Crippen molar-refractivity contribution in [2.24, 2.45) is 0 Å². The zero-order chi connectivity index (χ0) is 16.4. The zero-order valence-electron chi connectivity index (χ0n) is 11.0. The van der Waals surface area contributed by atoms with Crippen LogP contribution in [0.1, 0.15) is 10.4 Å². The Labute approximate surface area is 134 Å². The Morgan fingerprint density at radius 2 is 1.95 bits per heavy atom. The Morgan fingerprint density at radius 3 is 2.55 bits per heavy atom. The van der Waals surface area contributed by atoms with Gasteiger partial charge in [0.1, 0.15) is 0 Å². The molecule has 3 nitrogen and oxygen atoms in total. The molecule has 1 N–H and O–H groups in total. The van der Waals surface area contributed by atoms with Gasteiger partial charge in [-0.25, -0.2) is 13.1 Å². The highest BCUT2D eigenvalue weighted by Gasteiger charge is 2.37. The molecule has 0 unspecified atom stereocenters. The summed E-state index contributed by atoms with van der Waals surface area (Å²) in [5, 5.41) is 1.66. The van der Waals surface area contributed by atoms with Crippen LogP contribution in [0.4, 0.5) is 13.2 Å². The molecule has 1 aromatic heterocycles. The van der Waals surface area contributed by atoms with Gasteiger partial charge in [0.25, 0.3) is 0 Å². The fraction of sp³-hybridized carbons (Fsp3) is 0.231. The third-order valence-corrected chi connectivity index (χ3v) is 5.47. The maximum atomic E-state index is 13.0. The molecule has 2 rings (SSSR count). The van der Waals surface area contributed by atoms with Crippen molar-refractivity contribution >= 4 is 33.0 Å². The molecule has 0 saturated heterocycles. The molecule has 0 radical (unpaired) electrons. The summed E-state index contributed by atoms with van der Waals surface area (Å²) in [6.07, 6.45) is -4.39. The highest BCUT2D eigenvalue weighted by atomic mass is 35.5. The highest BCUT2D eigenvalue weighted by molar-refractivity contribution is 7.89. The van der Waals surface area contributed by atoms with Crippen LogP contribution in [0.5, 0.6) is 0 Å². The summed E-state index contributed by atoms with van der Waals surface area (Å²) in [6.45, 7) is 0.0166. The van der Waals surface area contributed by atoms with Gasteiger partial charge in [-0.3, -0.25) is 0 Å².